The molecule has 8 rings (SSSR count). The van der Waals surface area contributed by atoms with Crippen LogP contribution in [0.5, 0.6) is 0 Å². The van der Waals surface area contributed by atoms with Gasteiger partial charge in [-0.15, -0.1) is 0 Å². The van der Waals surface area contributed by atoms with Crippen LogP contribution in [0, 0.1) is 13.8 Å². The van der Waals surface area contributed by atoms with Crippen molar-refractivity contribution in [1.29, 1.82) is 0 Å². The molecular weight excluding hydrogens is 791 g/mol. The second-order valence-corrected chi connectivity index (χ2v) is 16.5. The van der Waals surface area contributed by atoms with E-state index in [1.165, 1.54) is 41.6 Å². The highest BCUT2D eigenvalue weighted by Gasteiger charge is 2.26. The molecule has 0 unspecified atom stereocenters. The molecule has 3 aliphatic heterocycles. The molecule has 0 bridgehead atoms. The summed E-state index contributed by atoms with van der Waals surface area (Å²) in [6, 6.07) is 11.7. The van der Waals surface area contributed by atoms with Gasteiger partial charge < -0.3 is 47.9 Å². The van der Waals surface area contributed by atoms with Gasteiger partial charge in [0.1, 0.15) is 21.6 Å². The van der Waals surface area contributed by atoms with Crippen LogP contribution in [0.2, 0.25) is 0 Å². The standard InChI is InChI=1S/C25H30N8O2S.C14H19N7OS/c1-16-13-21(36-31-16)30-24-22(23(26)34)27-14-20(29-24)33-12-4-5-18(15-33)28-25(35)17-6-8-19(9-7-17)32-10-2-3-11-32;1-8-5-11(23-20-8)19-14-12(13(16)22)17-6-10(18-14)21-4-2-3-9(15)7-21/h6-9,13-14,18H,2-5,10-12,15H2,1H3,(H2,26,34)(H,28,35)(H,29,30);5-6,9H,2-4,7,15H2,1H3,(H2,16,22)(H,18,19)/t18-;9-/m11/s1. The molecule has 4 aromatic heterocycles. The molecule has 3 amide bonds. The minimum Gasteiger partial charge on any atom is -0.372 e. The van der Waals surface area contributed by atoms with Gasteiger partial charge in [-0.2, -0.15) is 8.75 Å². The van der Waals surface area contributed by atoms with Crippen molar-refractivity contribution in [2.75, 3.05) is 64.6 Å². The van der Waals surface area contributed by atoms with Crippen molar-refractivity contribution in [2.45, 2.75) is 64.5 Å². The molecule has 59 heavy (non-hydrogen) atoms. The molecule has 9 N–H and O–H groups in total. The summed E-state index contributed by atoms with van der Waals surface area (Å²) < 4.78 is 8.45. The molecule has 5 aromatic rings. The maximum atomic E-state index is 12.9. The van der Waals surface area contributed by atoms with Gasteiger partial charge in [0, 0.05) is 62.6 Å². The third kappa shape index (κ3) is 10.6. The zero-order chi connectivity index (χ0) is 41.5. The molecule has 20 heteroatoms. The predicted molar refractivity (Wildman–Crippen MR) is 231 cm³/mol. The Morgan fingerprint density at radius 1 is 0.695 bits per heavy atom. The van der Waals surface area contributed by atoms with Crippen LogP contribution >= 0.6 is 23.1 Å². The Morgan fingerprint density at radius 2 is 1.20 bits per heavy atom. The van der Waals surface area contributed by atoms with E-state index in [0.29, 0.717) is 35.4 Å². The number of anilines is 7. The number of carbonyl (C=O) groups is 3. The summed E-state index contributed by atoms with van der Waals surface area (Å²) in [4.78, 5) is 60.6. The summed E-state index contributed by atoms with van der Waals surface area (Å²) in [5.41, 5.74) is 20.7. The summed E-state index contributed by atoms with van der Waals surface area (Å²) in [5, 5.41) is 10.9. The van der Waals surface area contributed by atoms with Gasteiger partial charge >= 0.3 is 0 Å². The average molecular weight is 840 g/mol. The number of aryl methyl sites for hydroxylation is 2. The minimum absolute atomic E-state index is 0.0253. The number of carbonyl (C=O) groups excluding carboxylic acids is 3. The van der Waals surface area contributed by atoms with Crippen LogP contribution in [0.15, 0.2) is 48.8 Å². The lowest BCUT2D eigenvalue weighted by Gasteiger charge is -2.34. The lowest BCUT2D eigenvalue weighted by molar-refractivity contribution is 0.0931. The molecule has 0 radical (unpaired) electrons. The van der Waals surface area contributed by atoms with Crippen LogP contribution in [0.4, 0.5) is 39.0 Å². The van der Waals surface area contributed by atoms with Crippen molar-refractivity contribution in [3.05, 3.63) is 77.1 Å². The molecule has 3 fully saturated rings. The average Bonchev–Trinajstić information content (AvgIpc) is 4.01. The van der Waals surface area contributed by atoms with E-state index in [2.05, 4.69) is 59.3 Å². The second-order valence-electron chi connectivity index (χ2n) is 14.8. The molecule has 3 saturated heterocycles. The fourth-order valence-corrected chi connectivity index (χ4v) is 8.59. The van der Waals surface area contributed by atoms with Gasteiger partial charge in [0.2, 0.25) is 0 Å². The summed E-state index contributed by atoms with van der Waals surface area (Å²) in [6.45, 7) is 8.92. The van der Waals surface area contributed by atoms with Gasteiger partial charge in [-0.05, 0) is 112 Å². The van der Waals surface area contributed by atoms with Crippen LogP contribution in [-0.2, 0) is 0 Å². The molecule has 18 nitrogen and oxygen atoms in total. The molecule has 1 aromatic carbocycles. The highest BCUT2D eigenvalue weighted by atomic mass is 32.1. The van der Waals surface area contributed by atoms with E-state index in [-0.39, 0.29) is 29.4 Å². The molecule has 7 heterocycles. The van der Waals surface area contributed by atoms with E-state index in [0.717, 1.165) is 79.8 Å². The zero-order valence-corrected chi connectivity index (χ0v) is 34.7. The number of benzene rings is 1. The first kappa shape index (κ1) is 41.2. The molecule has 0 spiro atoms. The Morgan fingerprint density at radius 3 is 1.69 bits per heavy atom. The van der Waals surface area contributed by atoms with E-state index in [1.807, 2.05) is 50.2 Å². The Bertz CT molecular complexity index is 2260. The molecule has 3 aliphatic rings. The monoisotopic (exact) mass is 839 g/mol. The number of primary amides is 2. The van der Waals surface area contributed by atoms with Crippen LogP contribution in [-0.4, -0.2) is 97.8 Å². The van der Waals surface area contributed by atoms with E-state index in [1.54, 1.807) is 12.4 Å². The first-order valence-corrected chi connectivity index (χ1v) is 21.2. The smallest absolute Gasteiger partial charge is 0.271 e. The van der Waals surface area contributed by atoms with Crippen molar-refractivity contribution in [2.24, 2.45) is 17.2 Å². The van der Waals surface area contributed by atoms with E-state index >= 15 is 0 Å². The Hall–Kier alpha value is -5.99. The number of nitrogens with one attached hydrogen (secondary N) is 3. The summed E-state index contributed by atoms with van der Waals surface area (Å²) >= 11 is 2.57. The third-order valence-electron chi connectivity index (χ3n) is 10.2. The number of hydrogen-bond acceptors (Lipinski definition) is 17. The minimum atomic E-state index is -0.655. The Kier molecular flexibility index (Phi) is 13.1. The second kappa shape index (κ2) is 18.7. The van der Waals surface area contributed by atoms with Crippen LogP contribution in [0.25, 0.3) is 0 Å². The number of hydrogen-bond donors (Lipinski definition) is 6. The van der Waals surface area contributed by atoms with Crippen molar-refractivity contribution < 1.29 is 14.4 Å². The van der Waals surface area contributed by atoms with Gasteiger partial charge in [-0.1, -0.05) is 0 Å². The van der Waals surface area contributed by atoms with Gasteiger partial charge in [0.05, 0.1) is 23.8 Å². The number of aromatic nitrogens is 6. The van der Waals surface area contributed by atoms with Crippen LogP contribution in [0.1, 0.15) is 81.2 Å². The van der Waals surface area contributed by atoms with Crippen LogP contribution < -0.4 is 47.9 Å². The zero-order valence-electron chi connectivity index (χ0n) is 33.1. The van der Waals surface area contributed by atoms with Crippen molar-refractivity contribution >= 4 is 79.7 Å². The summed E-state index contributed by atoms with van der Waals surface area (Å²) in [6.07, 6.45) is 9.37. The predicted octanol–water partition coefficient (Wildman–Crippen LogP) is 4.09. The lowest BCUT2D eigenvalue weighted by atomic mass is 10.0. The highest BCUT2D eigenvalue weighted by Crippen LogP contribution is 2.28. The van der Waals surface area contributed by atoms with Gasteiger partial charge in [-0.3, -0.25) is 14.4 Å². The number of amides is 3. The molecule has 310 valence electrons. The van der Waals surface area contributed by atoms with Gasteiger partial charge in [0.25, 0.3) is 17.7 Å². The number of nitrogens with two attached hydrogens (primary N) is 3. The third-order valence-corrected chi connectivity index (χ3v) is 11.8. The fourth-order valence-electron chi connectivity index (χ4n) is 7.27. The lowest BCUT2D eigenvalue weighted by Crippen LogP contribution is -2.48. The van der Waals surface area contributed by atoms with Gasteiger partial charge in [0.15, 0.2) is 23.0 Å². The summed E-state index contributed by atoms with van der Waals surface area (Å²) in [7, 11) is 0. The summed E-state index contributed by atoms with van der Waals surface area (Å²) in [5.74, 6) is 0.602. The maximum absolute atomic E-state index is 12.9. The van der Waals surface area contributed by atoms with E-state index < -0.39 is 11.8 Å². The van der Waals surface area contributed by atoms with Gasteiger partial charge in [-0.25, -0.2) is 19.9 Å². The largest absolute Gasteiger partial charge is 0.372 e. The van der Waals surface area contributed by atoms with E-state index in [9.17, 15) is 14.4 Å². The number of piperidine rings is 2. The van der Waals surface area contributed by atoms with Crippen LogP contribution in [0.3, 0.4) is 0 Å². The number of rotatable bonds is 11. The Balaban J connectivity index is 0.000000198. The van der Waals surface area contributed by atoms with Crippen molar-refractivity contribution in [3.63, 3.8) is 0 Å². The SMILES string of the molecule is Cc1cc(Nc2nc(N3CCC[C@@H](N)C3)cnc2C(N)=O)sn1.Cc1cc(Nc2nc(N3CCC[C@@H](NC(=O)c4ccc(N5CCCC5)cc4)C3)cnc2C(N)=O)sn1. The van der Waals surface area contributed by atoms with E-state index in [4.69, 9.17) is 17.2 Å². The molecule has 0 saturated carbocycles. The Labute approximate surface area is 350 Å². The fraction of sp³-hybridized carbons (Fsp3) is 0.410. The molecule has 2 atom stereocenters. The first-order chi connectivity index (χ1) is 28.5. The topological polar surface area (TPSA) is 252 Å². The molecule has 0 aliphatic carbocycles. The first-order valence-electron chi connectivity index (χ1n) is 19.6. The number of nitrogens with zero attached hydrogens (tertiary/aromatic N) is 9. The van der Waals surface area contributed by atoms with Crippen molar-refractivity contribution in [1.82, 2.24) is 34.0 Å². The maximum Gasteiger partial charge on any atom is 0.271 e. The normalized spacial score (nSPS) is 17.8. The van der Waals surface area contributed by atoms with Crippen molar-refractivity contribution in [3.8, 4) is 0 Å². The highest BCUT2D eigenvalue weighted by molar-refractivity contribution is 7.10. The molecular formula is C39H49N15O3S2. The quantitative estimate of drug-likeness (QED) is 0.110.